The lowest BCUT2D eigenvalue weighted by Gasteiger charge is -2.23. The summed E-state index contributed by atoms with van der Waals surface area (Å²) in [6, 6.07) is 7.42. The molecule has 1 heterocycles. The summed E-state index contributed by atoms with van der Waals surface area (Å²) in [6.45, 7) is 6.48. The van der Waals surface area contributed by atoms with Gasteiger partial charge in [0.15, 0.2) is 0 Å². The molecule has 0 bridgehead atoms. The number of hydrogen-bond donors (Lipinski definition) is 1. The van der Waals surface area contributed by atoms with Crippen molar-refractivity contribution in [3.05, 3.63) is 41.2 Å². The highest BCUT2D eigenvalue weighted by Crippen LogP contribution is 2.23. The number of carbonyl (C=O) groups excluding carboxylic acids is 1. The molecular formula is C16H22N4O. The lowest BCUT2D eigenvalue weighted by molar-refractivity contribution is 0.0985. The Morgan fingerprint density at radius 3 is 2.62 bits per heavy atom. The second-order valence-electron chi connectivity index (χ2n) is 5.22. The predicted molar refractivity (Wildman–Crippen MR) is 85.5 cm³/mol. The maximum atomic E-state index is 12.9. The lowest BCUT2D eigenvalue weighted by Crippen LogP contribution is -2.32. The maximum Gasteiger partial charge on any atom is 0.262 e. The summed E-state index contributed by atoms with van der Waals surface area (Å²) in [6.07, 6.45) is 0.874. The molecule has 0 fully saturated rings. The second-order valence-corrected chi connectivity index (χ2v) is 5.22. The number of nitrogens with zero attached hydrogens (tertiary/aromatic N) is 3. The van der Waals surface area contributed by atoms with Gasteiger partial charge in [0.1, 0.15) is 0 Å². The Kier molecular flexibility index (Phi) is 4.31. The first-order valence-corrected chi connectivity index (χ1v) is 7.13. The van der Waals surface area contributed by atoms with Crippen molar-refractivity contribution in [2.24, 2.45) is 7.05 Å². The predicted octanol–water partition coefficient (Wildman–Crippen LogP) is 2.68. The van der Waals surface area contributed by atoms with Gasteiger partial charge in [-0.25, -0.2) is 0 Å². The van der Waals surface area contributed by atoms with Gasteiger partial charge < -0.3 is 10.6 Å². The molecule has 5 heteroatoms. The molecule has 0 aliphatic carbocycles. The zero-order valence-corrected chi connectivity index (χ0v) is 13.1. The highest BCUT2D eigenvalue weighted by atomic mass is 16.2. The van der Waals surface area contributed by atoms with Gasteiger partial charge in [0.05, 0.1) is 11.3 Å². The normalized spacial score (nSPS) is 10.7. The van der Waals surface area contributed by atoms with Gasteiger partial charge in [-0.3, -0.25) is 9.48 Å². The van der Waals surface area contributed by atoms with E-state index in [1.165, 1.54) is 0 Å². The van der Waals surface area contributed by atoms with Gasteiger partial charge >= 0.3 is 0 Å². The third-order valence-corrected chi connectivity index (χ3v) is 3.60. The van der Waals surface area contributed by atoms with Crippen LogP contribution in [0.4, 0.5) is 11.4 Å². The van der Waals surface area contributed by atoms with E-state index in [1.54, 1.807) is 9.58 Å². The number of anilines is 2. The summed E-state index contributed by atoms with van der Waals surface area (Å²) in [5.74, 6) is -0.0226. The summed E-state index contributed by atoms with van der Waals surface area (Å²) < 4.78 is 1.74. The van der Waals surface area contributed by atoms with Crippen LogP contribution in [0.3, 0.4) is 0 Å². The average Bonchev–Trinajstić information content (AvgIpc) is 2.69. The smallest absolute Gasteiger partial charge is 0.262 e. The third kappa shape index (κ3) is 2.91. The number of aromatic nitrogens is 2. The van der Waals surface area contributed by atoms with Crippen LogP contribution in [0.2, 0.25) is 0 Å². The molecule has 2 rings (SSSR count). The minimum Gasteiger partial charge on any atom is -0.399 e. The van der Waals surface area contributed by atoms with E-state index in [2.05, 4.69) is 12.0 Å². The molecule has 0 unspecified atom stereocenters. The van der Waals surface area contributed by atoms with Crippen LogP contribution in [-0.4, -0.2) is 22.2 Å². The van der Waals surface area contributed by atoms with Crippen molar-refractivity contribution in [3.8, 4) is 0 Å². The Morgan fingerprint density at radius 1 is 1.38 bits per heavy atom. The van der Waals surface area contributed by atoms with Crippen molar-refractivity contribution in [1.29, 1.82) is 0 Å². The minimum atomic E-state index is -0.0226. The molecule has 0 spiro atoms. The molecule has 112 valence electrons. The van der Waals surface area contributed by atoms with Crippen LogP contribution < -0.4 is 10.6 Å². The van der Waals surface area contributed by atoms with Gasteiger partial charge in [0, 0.05) is 30.7 Å². The Hall–Kier alpha value is -2.30. The van der Waals surface area contributed by atoms with Crippen LogP contribution in [0.15, 0.2) is 24.3 Å². The highest BCUT2D eigenvalue weighted by Gasteiger charge is 2.23. The van der Waals surface area contributed by atoms with E-state index in [0.29, 0.717) is 17.8 Å². The first-order chi connectivity index (χ1) is 9.95. The molecule has 0 radical (unpaired) electrons. The molecule has 2 aromatic rings. The van der Waals surface area contributed by atoms with Gasteiger partial charge in [-0.15, -0.1) is 0 Å². The van der Waals surface area contributed by atoms with Crippen LogP contribution in [0.5, 0.6) is 0 Å². The van der Waals surface area contributed by atoms with Crippen LogP contribution in [-0.2, 0) is 7.05 Å². The number of carbonyl (C=O) groups is 1. The van der Waals surface area contributed by atoms with Crippen LogP contribution in [0.1, 0.15) is 35.1 Å². The van der Waals surface area contributed by atoms with E-state index in [-0.39, 0.29) is 5.91 Å². The monoisotopic (exact) mass is 286 g/mol. The van der Waals surface area contributed by atoms with E-state index >= 15 is 0 Å². The molecule has 0 aliphatic rings. The van der Waals surface area contributed by atoms with Crippen molar-refractivity contribution < 1.29 is 4.79 Å². The second kappa shape index (κ2) is 5.99. The van der Waals surface area contributed by atoms with Crippen molar-refractivity contribution >= 4 is 17.3 Å². The summed E-state index contributed by atoms with van der Waals surface area (Å²) >= 11 is 0. The van der Waals surface area contributed by atoms with Gasteiger partial charge in [-0.2, -0.15) is 5.10 Å². The number of benzene rings is 1. The maximum absolute atomic E-state index is 12.9. The van der Waals surface area contributed by atoms with E-state index in [0.717, 1.165) is 23.5 Å². The summed E-state index contributed by atoms with van der Waals surface area (Å²) in [4.78, 5) is 14.7. The zero-order valence-electron chi connectivity index (χ0n) is 13.1. The number of hydrogen-bond acceptors (Lipinski definition) is 3. The number of nitrogens with two attached hydrogens (primary N) is 1. The van der Waals surface area contributed by atoms with Gasteiger partial charge in [-0.05, 0) is 38.5 Å². The highest BCUT2D eigenvalue weighted by molar-refractivity contribution is 6.07. The fourth-order valence-electron chi connectivity index (χ4n) is 2.48. The summed E-state index contributed by atoms with van der Waals surface area (Å²) in [5.41, 5.74) is 9.62. The Balaban J connectivity index is 2.45. The lowest BCUT2D eigenvalue weighted by atomic mass is 10.1. The van der Waals surface area contributed by atoms with Gasteiger partial charge in [-0.1, -0.05) is 13.0 Å². The average molecular weight is 286 g/mol. The van der Waals surface area contributed by atoms with Crippen molar-refractivity contribution in [3.63, 3.8) is 0 Å². The minimum absolute atomic E-state index is 0.0226. The van der Waals surface area contributed by atoms with Crippen molar-refractivity contribution in [2.75, 3.05) is 17.2 Å². The first kappa shape index (κ1) is 15.1. The SMILES string of the molecule is CCCN(C(=O)c1c(C)nn(C)c1C)c1cccc(N)c1. The van der Waals surface area contributed by atoms with Crippen LogP contribution in [0, 0.1) is 13.8 Å². The van der Waals surface area contributed by atoms with Gasteiger partial charge in [0.2, 0.25) is 0 Å². The largest absolute Gasteiger partial charge is 0.399 e. The molecule has 1 amide bonds. The summed E-state index contributed by atoms with van der Waals surface area (Å²) in [7, 11) is 1.85. The molecule has 0 atom stereocenters. The fourth-order valence-corrected chi connectivity index (χ4v) is 2.48. The summed E-state index contributed by atoms with van der Waals surface area (Å²) in [5, 5.41) is 4.33. The molecule has 1 aromatic heterocycles. The van der Waals surface area contributed by atoms with Crippen molar-refractivity contribution in [2.45, 2.75) is 27.2 Å². The molecule has 1 aromatic carbocycles. The van der Waals surface area contributed by atoms with E-state index in [4.69, 9.17) is 5.73 Å². The number of nitrogen functional groups attached to an aromatic ring is 1. The van der Waals surface area contributed by atoms with Gasteiger partial charge in [0.25, 0.3) is 5.91 Å². The van der Waals surface area contributed by atoms with Crippen LogP contribution >= 0.6 is 0 Å². The molecule has 2 N–H and O–H groups in total. The van der Waals surface area contributed by atoms with E-state index in [1.807, 2.05) is 45.2 Å². The molecule has 0 saturated carbocycles. The number of amides is 1. The quantitative estimate of drug-likeness (QED) is 0.879. The standard InChI is InChI=1S/C16H22N4O/c1-5-9-20(14-8-6-7-13(17)10-14)16(21)15-11(2)18-19(4)12(15)3/h6-8,10H,5,9,17H2,1-4H3. The number of aryl methyl sites for hydroxylation is 2. The van der Waals surface area contributed by atoms with E-state index in [9.17, 15) is 4.79 Å². The third-order valence-electron chi connectivity index (χ3n) is 3.60. The Labute approximate surface area is 125 Å². The fraction of sp³-hybridized carbons (Fsp3) is 0.375. The molecule has 0 aliphatic heterocycles. The zero-order chi connectivity index (χ0) is 15.6. The molecule has 21 heavy (non-hydrogen) atoms. The topological polar surface area (TPSA) is 64.2 Å². The molecular weight excluding hydrogens is 264 g/mol. The Morgan fingerprint density at radius 2 is 2.10 bits per heavy atom. The van der Waals surface area contributed by atoms with Crippen molar-refractivity contribution in [1.82, 2.24) is 9.78 Å². The van der Waals surface area contributed by atoms with Crippen LogP contribution in [0.25, 0.3) is 0 Å². The Bertz CT molecular complexity index is 660. The number of rotatable bonds is 4. The van der Waals surface area contributed by atoms with E-state index < -0.39 is 0 Å². The first-order valence-electron chi connectivity index (χ1n) is 7.13. The molecule has 5 nitrogen and oxygen atoms in total. The molecule has 0 saturated heterocycles.